The first-order chi connectivity index (χ1) is 15.7. The number of ether oxygens (including phenoxy) is 2. The smallest absolute Gasteiger partial charge is 0.171 e. The molecule has 3 aromatic carbocycles. The number of carbonyl (C=O) groups is 1. The lowest BCUT2D eigenvalue weighted by molar-refractivity contribution is 0.0959. The second-order valence-electron chi connectivity index (χ2n) is 9.34. The topological polar surface area (TPSA) is 35.5 Å². The van der Waals surface area contributed by atoms with E-state index >= 15 is 0 Å². The second kappa shape index (κ2) is 7.51. The molecule has 2 atom stereocenters. The Morgan fingerprint density at radius 1 is 0.719 bits per heavy atom. The van der Waals surface area contributed by atoms with Crippen molar-refractivity contribution in [3.63, 3.8) is 0 Å². The zero-order chi connectivity index (χ0) is 21.8. The van der Waals surface area contributed by atoms with E-state index in [1.165, 1.54) is 33.4 Å². The highest BCUT2D eigenvalue weighted by Crippen LogP contribution is 2.56. The molecule has 0 unspecified atom stereocenters. The zero-order valence-electron chi connectivity index (χ0n) is 18.7. The van der Waals surface area contributed by atoms with Crippen molar-refractivity contribution in [2.24, 2.45) is 0 Å². The number of rotatable bonds is 2. The van der Waals surface area contributed by atoms with Gasteiger partial charge in [-0.25, -0.2) is 0 Å². The number of methoxy groups -OCH3 is 2. The molecule has 0 aromatic heterocycles. The zero-order valence-corrected chi connectivity index (χ0v) is 18.7. The molecule has 32 heavy (non-hydrogen) atoms. The van der Waals surface area contributed by atoms with Crippen LogP contribution in [-0.4, -0.2) is 20.0 Å². The standard InChI is InChI=1S/C29H28O3/c1-31-24-16-15-23-26(29(24)32-2)22-14-13-21-19-9-7-17-3-5-18(6-4-17)8-10-20(12-11-19)25(21)27(22)28(23)30/h3-6,11-12,15-16,22,27H,7-10,13-14H2,1-2H3/t22-,27+/m1/s1. The van der Waals surface area contributed by atoms with Crippen molar-refractivity contribution < 1.29 is 14.3 Å². The molecule has 9 rings (SSSR count). The monoisotopic (exact) mass is 424 g/mol. The molecular formula is C29H28O3. The number of Topliss-reactive ketones (excluding diaryl/α,β-unsaturated/α-hetero) is 1. The second-order valence-corrected chi connectivity index (χ2v) is 9.34. The van der Waals surface area contributed by atoms with Crippen molar-refractivity contribution >= 4 is 5.78 Å². The predicted molar refractivity (Wildman–Crippen MR) is 125 cm³/mol. The lowest BCUT2D eigenvalue weighted by Crippen LogP contribution is -2.23. The van der Waals surface area contributed by atoms with Crippen molar-refractivity contribution in [2.45, 2.75) is 50.4 Å². The summed E-state index contributed by atoms with van der Waals surface area (Å²) in [5.74, 6) is 1.76. The van der Waals surface area contributed by atoms with Crippen molar-refractivity contribution in [3.8, 4) is 11.5 Å². The maximum Gasteiger partial charge on any atom is 0.171 e. The summed E-state index contributed by atoms with van der Waals surface area (Å²) in [5, 5.41) is 0. The molecule has 3 nitrogen and oxygen atoms in total. The summed E-state index contributed by atoms with van der Waals surface area (Å²) in [6, 6.07) is 17.6. The van der Waals surface area contributed by atoms with Gasteiger partial charge in [0.05, 0.1) is 20.1 Å². The summed E-state index contributed by atoms with van der Waals surface area (Å²) in [7, 11) is 3.34. The van der Waals surface area contributed by atoms with Crippen LogP contribution in [0.25, 0.3) is 0 Å². The Hall–Kier alpha value is -3.07. The van der Waals surface area contributed by atoms with Gasteiger partial charge in [0, 0.05) is 17.0 Å². The van der Waals surface area contributed by atoms with Gasteiger partial charge in [-0.1, -0.05) is 36.4 Å². The van der Waals surface area contributed by atoms with Gasteiger partial charge < -0.3 is 9.47 Å². The Balaban J connectivity index is 1.51. The average molecular weight is 425 g/mol. The van der Waals surface area contributed by atoms with Crippen molar-refractivity contribution in [1.29, 1.82) is 0 Å². The third-order valence-corrected chi connectivity index (χ3v) is 7.85. The van der Waals surface area contributed by atoms with Crippen molar-refractivity contribution in [2.75, 3.05) is 14.2 Å². The van der Waals surface area contributed by atoms with Crippen LogP contribution in [0.5, 0.6) is 11.5 Å². The van der Waals surface area contributed by atoms with E-state index in [9.17, 15) is 4.79 Å². The van der Waals surface area contributed by atoms with E-state index < -0.39 is 0 Å². The molecule has 0 heterocycles. The molecular weight excluding hydrogens is 396 g/mol. The number of ketones is 1. The summed E-state index contributed by atoms with van der Waals surface area (Å²) in [6.45, 7) is 0. The molecule has 0 aliphatic heterocycles. The van der Waals surface area contributed by atoms with Gasteiger partial charge in [0.2, 0.25) is 0 Å². The highest BCUT2D eigenvalue weighted by molar-refractivity contribution is 6.08. The average Bonchev–Trinajstić information content (AvgIpc) is 3.12. The Kier molecular flexibility index (Phi) is 4.60. The van der Waals surface area contributed by atoms with Crippen molar-refractivity contribution in [1.82, 2.24) is 0 Å². The summed E-state index contributed by atoms with van der Waals surface area (Å²) >= 11 is 0. The lowest BCUT2D eigenvalue weighted by atomic mass is 9.71. The van der Waals surface area contributed by atoms with E-state index in [0.29, 0.717) is 5.75 Å². The van der Waals surface area contributed by atoms with E-state index in [1.807, 2.05) is 12.1 Å². The van der Waals surface area contributed by atoms with Gasteiger partial charge in [-0.15, -0.1) is 0 Å². The van der Waals surface area contributed by atoms with Crippen LogP contribution in [0.1, 0.15) is 67.6 Å². The highest BCUT2D eigenvalue weighted by atomic mass is 16.5. The number of benzene rings is 3. The van der Waals surface area contributed by atoms with Gasteiger partial charge in [0.1, 0.15) is 0 Å². The first kappa shape index (κ1) is 19.6. The number of hydrogen-bond donors (Lipinski definition) is 0. The van der Waals surface area contributed by atoms with Crippen LogP contribution in [0.3, 0.4) is 0 Å². The van der Waals surface area contributed by atoms with Gasteiger partial charge in [0.25, 0.3) is 0 Å². The number of aryl methyl sites for hydroxylation is 4. The molecule has 0 saturated carbocycles. The fourth-order valence-electron chi connectivity index (χ4n) is 6.32. The Labute approximate surface area is 189 Å². The first-order valence-corrected chi connectivity index (χ1v) is 11.7. The van der Waals surface area contributed by atoms with E-state index in [-0.39, 0.29) is 17.6 Å². The van der Waals surface area contributed by atoms with Gasteiger partial charge in [-0.3, -0.25) is 4.79 Å². The number of carbonyl (C=O) groups excluding carboxylic acids is 1. The van der Waals surface area contributed by atoms with Gasteiger partial charge in [0.15, 0.2) is 17.3 Å². The SMILES string of the molecule is COc1ccc2c(c1OC)[C@H]1CCc3c4ccc(c3[C@H]1C2=O)CCc1ccc(cc1)CC4. The van der Waals surface area contributed by atoms with Crippen LogP contribution in [0.2, 0.25) is 0 Å². The molecule has 6 aliphatic carbocycles. The molecule has 3 heteroatoms. The Morgan fingerprint density at radius 2 is 1.41 bits per heavy atom. The maximum atomic E-state index is 13.8. The van der Waals surface area contributed by atoms with Crippen LogP contribution >= 0.6 is 0 Å². The van der Waals surface area contributed by atoms with Crippen LogP contribution < -0.4 is 9.47 Å². The normalized spacial score (nSPS) is 20.8. The molecule has 162 valence electrons. The molecule has 0 saturated heterocycles. The molecule has 6 aliphatic rings. The van der Waals surface area contributed by atoms with Crippen LogP contribution in [0.15, 0.2) is 48.5 Å². The van der Waals surface area contributed by atoms with E-state index in [2.05, 4.69) is 36.4 Å². The Bertz CT molecular complexity index is 1220. The van der Waals surface area contributed by atoms with Crippen LogP contribution in [-0.2, 0) is 32.1 Å². The highest BCUT2D eigenvalue weighted by Gasteiger charge is 2.47. The van der Waals surface area contributed by atoms with Gasteiger partial charge in [-0.05, 0) is 84.0 Å². The summed E-state index contributed by atoms with van der Waals surface area (Å²) in [4.78, 5) is 13.8. The van der Waals surface area contributed by atoms with E-state index in [1.54, 1.807) is 14.2 Å². The third kappa shape index (κ3) is 2.83. The largest absolute Gasteiger partial charge is 0.493 e. The minimum absolute atomic E-state index is 0.103. The molecule has 0 amide bonds. The molecule has 3 aromatic rings. The summed E-state index contributed by atoms with van der Waals surface area (Å²) < 4.78 is 11.3. The number of hydrogen-bond acceptors (Lipinski definition) is 3. The Morgan fingerprint density at radius 3 is 2.09 bits per heavy atom. The first-order valence-electron chi connectivity index (χ1n) is 11.7. The maximum absolute atomic E-state index is 13.8. The molecule has 0 spiro atoms. The number of fused-ring (bicyclic) bond motifs is 3. The fraction of sp³-hybridized carbons (Fsp3) is 0.345. The molecule has 0 N–H and O–H groups in total. The quantitative estimate of drug-likeness (QED) is 0.537. The van der Waals surface area contributed by atoms with Crippen LogP contribution in [0, 0.1) is 0 Å². The van der Waals surface area contributed by atoms with E-state index in [0.717, 1.165) is 55.4 Å². The predicted octanol–water partition coefficient (Wildman–Crippen LogP) is 5.60. The fourth-order valence-corrected chi connectivity index (χ4v) is 6.32. The summed E-state index contributed by atoms with van der Waals surface area (Å²) in [5.41, 5.74) is 10.1. The minimum atomic E-state index is -0.103. The molecule has 0 radical (unpaired) electrons. The lowest BCUT2D eigenvalue weighted by Gasteiger charge is -2.32. The van der Waals surface area contributed by atoms with Crippen molar-refractivity contribution in [3.05, 3.63) is 93.0 Å². The molecule has 0 fully saturated rings. The van der Waals surface area contributed by atoms with Crippen LogP contribution in [0.4, 0.5) is 0 Å². The summed E-state index contributed by atoms with van der Waals surface area (Å²) in [6.07, 6.45) is 6.03. The molecule has 4 bridgehead atoms. The van der Waals surface area contributed by atoms with E-state index in [4.69, 9.17) is 9.47 Å². The van der Waals surface area contributed by atoms with Gasteiger partial charge >= 0.3 is 0 Å². The third-order valence-electron chi connectivity index (χ3n) is 7.85. The minimum Gasteiger partial charge on any atom is -0.493 e. The van der Waals surface area contributed by atoms with Gasteiger partial charge in [-0.2, -0.15) is 0 Å².